The van der Waals surface area contributed by atoms with Crippen LogP contribution in [0.15, 0.2) is 30.5 Å². The Morgan fingerprint density at radius 3 is 2.40 bits per heavy atom. The molecular formula is C22H23ClF3N5O3S. The van der Waals surface area contributed by atoms with Crippen molar-refractivity contribution in [1.82, 2.24) is 19.1 Å². The van der Waals surface area contributed by atoms with Crippen LogP contribution in [0.3, 0.4) is 0 Å². The summed E-state index contributed by atoms with van der Waals surface area (Å²) in [6.07, 6.45) is -0.574. The van der Waals surface area contributed by atoms with E-state index >= 15 is 0 Å². The molecule has 4 rings (SSSR count). The summed E-state index contributed by atoms with van der Waals surface area (Å²) in [7, 11) is -3.21. The first kappa shape index (κ1) is 25.4. The quantitative estimate of drug-likeness (QED) is 0.530. The molecule has 1 aromatic carbocycles. The summed E-state index contributed by atoms with van der Waals surface area (Å²) < 4.78 is 64.9. The van der Waals surface area contributed by atoms with E-state index in [2.05, 4.69) is 15.4 Å². The van der Waals surface area contributed by atoms with Gasteiger partial charge in [-0.1, -0.05) is 11.6 Å². The van der Waals surface area contributed by atoms with Crippen LogP contribution in [-0.4, -0.2) is 52.7 Å². The van der Waals surface area contributed by atoms with Gasteiger partial charge in [0.1, 0.15) is 0 Å². The summed E-state index contributed by atoms with van der Waals surface area (Å²) in [6, 6.07) is 4.10. The molecule has 1 N–H and O–H groups in total. The van der Waals surface area contributed by atoms with Crippen molar-refractivity contribution in [1.29, 1.82) is 0 Å². The third-order valence-electron chi connectivity index (χ3n) is 6.06. The van der Waals surface area contributed by atoms with E-state index in [0.29, 0.717) is 49.2 Å². The Morgan fingerprint density at radius 1 is 1.20 bits per heavy atom. The Balaban J connectivity index is 1.52. The topological polar surface area (TPSA) is 97.2 Å². The highest BCUT2D eigenvalue weighted by molar-refractivity contribution is 7.88. The second-order valence-corrected chi connectivity index (χ2v) is 10.9. The number of nitrogens with zero attached hydrogens (tertiary/aromatic N) is 4. The number of nitrogens with one attached hydrogen (secondary N) is 1. The molecule has 0 spiro atoms. The average Bonchev–Trinajstić information content (AvgIpc) is 3.09. The molecule has 3 heterocycles. The number of hydrogen-bond donors (Lipinski definition) is 1. The fraction of sp³-hybridized carbons (Fsp3) is 0.409. The number of piperidine rings is 1. The minimum atomic E-state index is -4.47. The van der Waals surface area contributed by atoms with Gasteiger partial charge in [-0.3, -0.25) is 4.79 Å². The Morgan fingerprint density at radius 2 is 1.83 bits per heavy atom. The van der Waals surface area contributed by atoms with Crippen LogP contribution in [0.25, 0.3) is 11.0 Å². The van der Waals surface area contributed by atoms with Crippen molar-refractivity contribution in [2.24, 2.45) is 5.92 Å². The van der Waals surface area contributed by atoms with E-state index in [9.17, 15) is 26.4 Å². The van der Waals surface area contributed by atoms with E-state index < -0.39 is 27.7 Å². The molecule has 13 heteroatoms. The number of aryl methyl sites for hydroxylation is 1. The molecule has 0 bridgehead atoms. The van der Waals surface area contributed by atoms with Gasteiger partial charge < -0.3 is 5.32 Å². The second kappa shape index (κ2) is 9.40. The van der Waals surface area contributed by atoms with Crippen molar-refractivity contribution in [3.05, 3.63) is 52.3 Å². The molecule has 3 aromatic rings. The standard InChI is InChI=1S/C22H23ClF3N5O3S/c1-13-18-19(23)17(21(32)28-16-5-3-15(4-6-16)22(24,25)26)11-27-20(18)31(29-13)12-14-7-9-30(10-8-14)35(2,33)34/h3-6,11,14H,7-10,12H2,1-2H3,(H,28,32). The first-order valence-corrected chi connectivity index (χ1v) is 13.0. The van der Waals surface area contributed by atoms with Crippen LogP contribution >= 0.6 is 11.6 Å². The first-order valence-electron chi connectivity index (χ1n) is 10.8. The number of halogens is 4. The van der Waals surface area contributed by atoms with Crippen molar-refractivity contribution >= 4 is 44.3 Å². The number of sulfonamides is 1. The first-order chi connectivity index (χ1) is 16.3. The van der Waals surface area contributed by atoms with Gasteiger partial charge in [-0.2, -0.15) is 18.3 Å². The van der Waals surface area contributed by atoms with Gasteiger partial charge in [-0.25, -0.2) is 22.4 Å². The third-order valence-corrected chi connectivity index (χ3v) is 7.76. The molecule has 0 radical (unpaired) electrons. The summed E-state index contributed by atoms with van der Waals surface area (Å²) in [4.78, 5) is 17.2. The van der Waals surface area contributed by atoms with Gasteiger partial charge in [0.2, 0.25) is 10.0 Å². The number of anilines is 1. The van der Waals surface area contributed by atoms with E-state index in [1.54, 1.807) is 11.6 Å². The molecule has 1 fully saturated rings. The number of hydrogen-bond acceptors (Lipinski definition) is 5. The molecule has 188 valence electrons. The number of benzene rings is 1. The number of fused-ring (bicyclic) bond motifs is 1. The summed E-state index contributed by atoms with van der Waals surface area (Å²) in [5.41, 5.74) is 0.524. The maximum absolute atomic E-state index is 12.8. The van der Waals surface area contributed by atoms with Crippen LogP contribution in [0, 0.1) is 12.8 Å². The number of carbonyl (C=O) groups excluding carboxylic acids is 1. The normalized spacial score (nSPS) is 16.1. The molecule has 0 aliphatic carbocycles. The third kappa shape index (κ3) is 5.44. The average molecular weight is 530 g/mol. The molecule has 1 amide bonds. The number of pyridine rings is 1. The van der Waals surface area contributed by atoms with Gasteiger partial charge in [0.25, 0.3) is 5.91 Å². The van der Waals surface area contributed by atoms with Crippen molar-refractivity contribution in [3.8, 4) is 0 Å². The summed E-state index contributed by atoms with van der Waals surface area (Å²) in [5.74, 6) is -0.400. The van der Waals surface area contributed by atoms with Crippen molar-refractivity contribution in [3.63, 3.8) is 0 Å². The molecule has 35 heavy (non-hydrogen) atoms. The highest BCUT2D eigenvalue weighted by atomic mass is 35.5. The van der Waals surface area contributed by atoms with Crippen molar-refractivity contribution in [2.45, 2.75) is 32.5 Å². The number of aromatic nitrogens is 3. The summed E-state index contributed by atoms with van der Waals surface area (Å²) in [6.45, 7) is 3.17. The van der Waals surface area contributed by atoms with Crippen LogP contribution in [0.5, 0.6) is 0 Å². The SMILES string of the molecule is Cc1nn(CC2CCN(S(C)(=O)=O)CC2)c2ncc(C(=O)Nc3ccc(C(F)(F)F)cc3)c(Cl)c12. The lowest BCUT2D eigenvalue weighted by molar-refractivity contribution is -0.137. The van der Waals surface area contributed by atoms with Crippen LogP contribution in [0.2, 0.25) is 5.02 Å². The van der Waals surface area contributed by atoms with E-state index in [0.717, 1.165) is 12.1 Å². The molecule has 0 atom stereocenters. The fourth-order valence-electron chi connectivity index (χ4n) is 4.17. The van der Waals surface area contributed by atoms with Gasteiger partial charge in [0, 0.05) is 31.5 Å². The number of rotatable bonds is 5. The number of amides is 1. The van der Waals surface area contributed by atoms with E-state index in [-0.39, 0.29) is 22.2 Å². The van der Waals surface area contributed by atoms with Crippen LogP contribution in [0.1, 0.15) is 34.5 Å². The van der Waals surface area contributed by atoms with Gasteiger partial charge in [0.15, 0.2) is 5.65 Å². The Kier molecular flexibility index (Phi) is 6.82. The molecular weight excluding hydrogens is 507 g/mol. The van der Waals surface area contributed by atoms with Crippen LogP contribution < -0.4 is 5.32 Å². The summed E-state index contributed by atoms with van der Waals surface area (Å²) in [5, 5.41) is 7.73. The Labute approximate surface area is 205 Å². The largest absolute Gasteiger partial charge is 0.416 e. The predicted octanol–water partition coefficient (Wildman–Crippen LogP) is 4.34. The smallest absolute Gasteiger partial charge is 0.322 e. The second-order valence-electron chi connectivity index (χ2n) is 8.59. The van der Waals surface area contributed by atoms with Gasteiger partial charge in [-0.15, -0.1) is 0 Å². The Bertz CT molecular complexity index is 1370. The van der Waals surface area contributed by atoms with Gasteiger partial charge in [0.05, 0.1) is 33.5 Å². The monoisotopic (exact) mass is 529 g/mol. The highest BCUT2D eigenvalue weighted by Crippen LogP contribution is 2.32. The molecule has 1 aliphatic rings. The predicted molar refractivity (Wildman–Crippen MR) is 126 cm³/mol. The lowest BCUT2D eigenvalue weighted by Gasteiger charge is -2.30. The summed E-state index contributed by atoms with van der Waals surface area (Å²) >= 11 is 6.54. The molecule has 8 nitrogen and oxygen atoms in total. The zero-order valence-corrected chi connectivity index (χ0v) is 20.5. The Hall–Kier alpha value is -2.70. The maximum atomic E-state index is 12.8. The molecule has 1 aliphatic heterocycles. The van der Waals surface area contributed by atoms with E-state index in [1.807, 2.05) is 0 Å². The molecule has 0 unspecified atom stereocenters. The van der Waals surface area contributed by atoms with E-state index in [4.69, 9.17) is 11.6 Å². The number of carbonyl (C=O) groups is 1. The van der Waals surface area contributed by atoms with Crippen molar-refractivity contribution < 1.29 is 26.4 Å². The maximum Gasteiger partial charge on any atom is 0.416 e. The van der Waals surface area contributed by atoms with Crippen LogP contribution in [-0.2, 0) is 22.7 Å². The minimum Gasteiger partial charge on any atom is -0.322 e. The molecule has 1 saturated heterocycles. The van der Waals surface area contributed by atoms with Gasteiger partial charge >= 0.3 is 6.18 Å². The van der Waals surface area contributed by atoms with Gasteiger partial charge in [-0.05, 0) is 49.9 Å². The lowest BCUT2D eigenvalue weighted by atomic mass is 9.98. The minimum absolute atomic E-state index is 0.0724. The van der Waals surface area contributed by atoms with Crippen molar-refractivity contribution in [2.75, 3.05) is 24.7 Å². The van der Waals surface area contributed by atoms with Crippen LogP contribution in [0.4, 0.5) is 18.9 Å². The zero-order chi connectivity index (χ0) is 25.5. The molecule has 0 saturated carbocycles. The molecule has 2 aromatic heterocycles. The number of alkyl halides is 3. The lowest BCUT2D eigenvalue weighted by Crippen LogP contribution is -2.38. The zero-order valence-electron chi connectivity index (χ0n) is 18.9. The highest BCUT2D eigenvalue weighted by Gasteiger charge is 2.30. The fourth-order valence-corrected chi connectivity index (χ4v) is 5.40. The van der Waals surface area contributed by atoms with E-state index in [1.165, 1.54) is 28.9 Å².